The van der Waals surface area contributed by atoms with Crippen LogP contribution in [-0.4, -0.2) is 41.4 Å². The van der Waals surface area contributed by atoms with Gasteiger partial charge in [-0.1, -0.05) is 23.9 Å². The highest BCUT2D eigenvalue weighted by molar-refractivity contribution is 7.99. The van der Waals surface area contributed by atoms with Crippen LogP contribution in [0.2, 0.25) is 0 Å². The van der Waals surface area contributed by atoms with Gasteiger partial charge in [0, 0.05) is 24.9 Å². The van der Waals surface area contributed by atoms with Gasteiger partial charge in [0.1, 0.15) is 0 Å². The molecule has 0 unspecified atom stereocenters. The van der Waals surface area contributed by atoms with Gasteiger partial charge in [0.05, 0.1) is 5.69 Å². The molecule has 116 valence electrons. The molecular weight excluding hydrogens is 302 g/mol. The van der Waals surface area contributed by atoms with E-state index >= 15 is 0 Å². The van der Waals surface area contributed by atoms with E-state index in [-0.39, 0.29) is 17.9 Å². The van der Waals surface area contributed by atoms with Crippen LogP contribution in [0.25, 0.3) is 0 Å². The predicted molar refractivity (Wildman–Crippen MR) is 76.8 cm³/mol. The number of rotatable bonds is 7. The largest absolute Gasteiger partial charge is 0.481 e. The molecular formula is C13H16F2N2O3S. The van der Waals surface area contributed by atoms with Crippen LogP contribution in [0.4, 0.5) is 19.3 Å². The zero-order valence-corrected chi connectivity index (χ0v) is 12.2. The van der Waals surface area contributed by atoms with E-state index < -0.39 is 17.8 Å². The van der Waals surface area contributed by atoms with Gasteiger partial charge in [-0.2, -0.15) is 8.78 Å². The summed E-state index contributed by atoms with van der Waals surface area (Å²) in [7, 11) is 1.51. The lowest BCUT2D eigenvalue weighted by atomic mass is 10.3. The van der Waals surface area contributed by atoms with Crippen LogP contribution < -0.4 is 5.32 Å². The van der Waals surface area contributed by atoms with E-state index in [2.05, 4.69) is 5.32 Å². The minimum absolute atomic E-state index is 0.0323. The van der Waals surface area contributed by atoms with E-state index in [1.807, 2.05) is 0 Å². The molecule has 0 aliphatic rings. The molecule has 0 saturated carbocycles. The maximum Gasteiger partial charge on any atom is 0.321 e. The summed E-state index contributed by atoms with van der Waals surface area (Å²) in [4.78, 5) is 23.9. The lowest BCUT2D eigenvalue weighted by Gasteiger charge is -2.18. The Bertz CT molecular complexity index is 500. The molecule has 1 aromatic rings. The minimum Gasteiger partial charge on any atom is -0.481 e. The first-order chi connectivity index (χ1) is 9.90. The number of hydrogen-bond acceptors (Lipinski definition) is 3. The monoisotopic (exact) mass is 318 g/mol. The predicted octanol–water partition coefficient (Wildman–Crippen LogP) is 3.33. The van der Waals surface area contributed by atoms with Crippen molar-refractivity contribution in [2.75, 3.05) is 18.9 Å². The highest BCUT2D eigenvalue weighted by Crippen LogP contribution is 2.31. The fourth-order valence-corrected chi connectivity index (χ4v) is 2.14. The second-order valence-corrected chi connectivity index (χ2v) is 5.26. The third kappa shape index (κ3) is 6.44. The number of carbonyl (C=O) groups excluding carboxylic acids is 1. The highest BCUT2D eigenvalue weighted by Gasteiger charge is 2.14. The third-order valence-corrected chi connectivity index (χ3v) is 3.36. The maximum absolute atomic E-state index is 12.4. The molecule has 0 bridgehead atoms. The van der Waals surface area contributed by atoms with Gasteiger partial charge in [-0.05, 0) is 18.6 Å². The van der Waals surface area contributed by atoms with E-state index in [0.29, 0.717) is 23.9 Å². The zero-order valence-electron chi connectivity index (χ0n) is 11.4. The summed E-state index contributed by atoms with van der Waals surface area (Å²) in [5.74, 6) is -3.50. The van der Waals surface area contributed by atoms with Crippen LogP contribution in [0.3, 0.4) is 0 Å². The molecule has 0 aromatic heterocycles. The number of carboxylic acid groups (broad SMARTS) is 1. The summed E-state index contributed by atoms with van der Waals surface area (Å²) >= 11 is 0.356. The van der Waals surface area contributed by atoms with Crippen LogP contribution in [0.5, 0.6) is 0 Å². The second-order valence-electron chi connectivity index (χ2n) is 4.22. The number of halogens is 2. The van der Waals surface area contributed by atoms with E-state index in [9.17, 15) is 18.4 Å². The number of nitrogens with one attached hydrogen (secondary N) is 1. The van der Waals surface area contributed by atoms with Crippen LogP contribution in [0.1, 0.15) is 12.8 Å². The van der Waals surface area contributed by atoms with Crippen molar-refractivity contribution >= 4 is 29.4 Å². The molecule has 5 nitrogen and oxygen atoms in total. The highest BCUT2D eigenvalue weighted by atomic mass is 32.2. The molecule has 2 N–H and O–H groups in total. The van der Waals surface area contributed by atoms with Gasteiger partial charge >= 0.3 is 12.0 Å². The number of carboxylic acids is 1. The van der Waals surface area contributed by atoms with E-state index in [4.69, 9.17) is 5.11 Å². The van der Waals surface area contributed by atoms with E-state index in [1.54, 1.807) is 12.1 Å². The fourth-order valence-electron chi connectivity index (χ4n) is 1.55. The number of anilines is 1. The van der Waals surface area contributed by atoms with Crippen molar-refractivity contribution in [2.45, 2.75) is 23.5 Å². The zero-order chi connectivity index (χ0) is 15.8. The molecule has 0 spiro atoms. The van der Waals surface area contributed by atoms with Crippen molar-refractivity contribution in [3.8, 4) is 0 Å². The molecule has 0 radical (unpaired) electrons. The number of carbonyl (C=O) groups is 2. The topological polar surface area (TPSA) is 69.6 Å². The van der Waals surface area contributed by atoms with Crippen LogP contribution >= 0.6 is 11.8 Å². The number of hydrogen-bond donors (Lipinski definition) is 2. The van der Waals surface area contributed by atoms with E-state index in [0.717, 1.165) is 0 Å². The minimum atomic E-state index is -2.57. The summed E-state index contributed by atoms with van der Waals surface area (Å²) in [5, 5.41) is 11.1. The number of aliphatic carboxylic acids is 1. The number of urea groups is 1. The Morgan fingerprint density at radius 3 is 2.67 bits per heavy atom. The van der Waals surface area contributed by atoms with Crippen molar-refractivity contribution in [1.29, 1.82) is 0 Å². The Kier molecular flexibility index (Phi) is 6.93. The SMILES string of the molecule is CN(CCCC(=O)O)C(=O)Nc1ccccc1SC(F)F. The molecule has 21 heavy (non-hydrogen) atoms. The quantitative estimate of drug-likeness (QED) is 0.757. The second kappa shape index (κ2) is 8.46. The Hall–Kier alpha value is -1.83. The van der Waals surface area contributed by atoms with Crippen molar-refractivity contribution < 1.29 is 23.5 Å². The van der Waals surface area contributed by atoms with Crippen LogP contribution in [-0.2, 0) is 4.79 Å². The molecule has 8 heteroatoms. The number of benzene rings is 1. The average Bonchev–Trinajstić information content (AvgIpc) is 2.39. The summed E-state index contributed by atoms with van der Waals surface area (Å²) in [6.07, 6.45) is 0.294. The Morgan fingerprint density at radius 2 is 2.05 bits per heavy atom. The van der Waals surface area contributed by atoms with Crippen molar-refractivity contribution in [3.05, 3.63) is 24.3 Å². The Morgan fingerprint density at radius 1 is 1.38 bits per heavy atom. The lowest BCUT2D eigenvalue weighted by molar-refractivity contribution is -0.137. The van der Waals surface area contributed by atoms with Crippen molar-refractivity contribution in [1.82, 2.24) is 4.90 Å². The molecule has 0 atom stereocenters. The van der Waals surface area contributed by atoms with Gasteiger partial charge in [-0.3, -0.25) is 4.79 Å². The van der Waals surface area contributed by atoms with Crippen LogP contribution in [0.15, 0.2) is 29.2 Å². The smallest absolute Gasteiger partial charge is 0.321 e. The van der Waals surface area contributed by atoms with Crippen molar-refractivity contribution in [2.24, 2.45) is 0 Å². The van der Waals surface area contributed by atoms with Crippen molar-refractivity contribution in [3.63, 3.8) is 0 Å². The van der Waals surface area contributed by atoms with Crippen LogP contribution in [0, 0.1) is 0 Å². The number of thioether (sulfide) groups is 1. The molecule has 1 rings (SSSR count). The molecule has 0 aliphatic heterocycles. The summed E-state index contributed by atoms with van der Waals surface area (Å²) in [6.45, 7) is 0.266. The van der Waals surface area contributed by atoms with Gasteiger partial charge in [0.15, 0.2) is 0 Å². The normalized spacial score (nSPS) is 10.5. The van der Waals surface area contributed by atoms with E-state index in [1.165, 1.54) is 24.1 Å². The lowest BCUT2D eigenvalue weighted by Crippen LogP contribution is -2.32. The van der Waals surface area contributed by atoms with Gasteiger partial charge in [0.25, 0.3) is 5.76 Å². The molecule has 0 fully saturated rings. The first-order valence-corrected chi connectivity index (χ1v) is 7.06. The first kappa shape index (κ1) is 17.2. The van der Waals surface area contributed by atoms with Gasteiger partial charge in [-0.25, -0.2) is 4.79 Å². The molecule has 0 heterocycles. The summed E-state index contributed by atoms with van der Waals surface area (Å²) < 4.78 is 24.8. The molecule has 0 saturated heterocycles. The Balaban J connectivity index is 2.59. The van der Waals surface area contributed by atoms with Gasteiger partial charge in [0.2, 0.25) is 0 Å². The fraction of sp³-hybridized carbons (Fsp3) is 0.385. The number of alkyl halides is 2. The molecule has 0 aliphatic carbocycles. The summed E-state index contributed by atoms with van der Waals surface area (Å²) in [5.41, 5.74) is 0.304. The molecule has 2 amide bonds. The number of nitrogens with zero attached hydrogens (tertiary/aromatic N) is 1. The summed E-state index contributed by atoms with van der Waals surface area (Å²) in [6, 6.07) is 5.81. The Labute approximate surface area is 125 Å². The van der Waals surface area contributed by atoms with Gasteiger partial charge in [-0.15, -0.1) is 0 Å². The first-order valence-electron chi connectivity index (χ1n) is 6.18. The third-order valence-electron chi connectivity index (χ3n) is 2.58. The van der Waals surface area contributed by atoms with Gasteiger partial charge < -0.3 is 15.3 Å². The average molecular weight is 318 g/mol. The molecule has 1 aromatic carbocycles. The maximum atomic E-state index is 12.4. The number of amides is 2. The number of para-hydroxylation sites is 1. The standard InChI is InChI=1S/C13H16F2N2O3S/c1-17(8-4-7-11(18)19)13(20)16-9-5-2-3-6-10(9)21-12(14)15/h2-3,5-6,12H,4,7-8H2,1H3,(H,16,20)(H,18,19).